The number of likely N-dealkylation sites (tertiary alicyclic amines) is 1. The summed E-state index contributed by atoms with van der Waals surface area (Å²) in [7, 11) is 0. The molecule has 1 saturated heterocycles. The zero-order valence-corrected chi connectivity index (χ0v) is 13.9. The van der Waals surface area contributed by atoms with Crippen molar-refractivity contribution in [2.24, 2.45) is 0 Å². The second-order valence-corrected chi connectivity index (χ2v) is 6.03. The highest BCUT2D eigenvalue weighted by Gasteiger charge is 2.21. The average Bonchev–Trinajstić information content (AvgIpc) is 3.17. The Labute approximate surface area is 145 Å². The minimum absolute atomic E-state index is 0.140. The second kappa shape index (κ2) is 7.88. The maximum atomic E-state index is 13.6. The number of amides is 2. The van der Waals surface area contributed by atoms with Crippen molar-refractivity contribution < 1.29 is 14.0 Å². The molecule has 1 aliphatic rings. The third-order valence-corrected chi connectivity index (χ3v) is 4.27. The van der Waals surface area contributed by atoms with E-state index in [9.17, 15) is 14.0 Å². The molecule has 2 amide bonds. The number of hydrogen-bond acceptors (Lipinski definition) is 3. The number of halogens is 1. The molecule has 2 heterocycles. The lowest BCUT2D eigenvalue weighted by Gasteiger charge is -2.14. The van der Waals surface area contributed by atoms with Gasteiger partial charge in [0.15, 0.2) is 0 Å². The van der Waals surface area contributed by atoms with Gasteiger partial charge in [-0.2, -0.15) is 0 Å². The zero-order valence-electron chi connectivity index (χ0n) is 13.9. The lowest BCUT2D eigenvalue weighted by molar-refractivity contribution is 0.0787. The smallest absolute Gasteiger partial charge is 0.272 e. The van der Waals surface area contributed by atoms with Crippen molar-refractivity contribution in [3.05, 3.63) is 65.2 Å². The van der Waals surface area contributed by atoms with Crippen molar-refractivity contribution in [1.29, 1.82) is 0 Å². The fraction of sp³-hybridized carbons (Fsp3) is 0.316. The van der Waals surface area contributed by atoms with Gasteiger partial charge in [0.25, 0.3) is 11.8 Å². The third-order valence-electron chi connectivity index (χ3n) is 4.27. The van der Waals surface area contributed by atoms with Crippen LogP contribution in [0.3, 0.4) is 0 Å². The predicted molar refractivity (Wildman–Crippen MR) is 91.8 cm³/mol. The summed E-state index contributed by atoms with van der Waals surface area (Å²) in [5, 5.41) is 2.75. The Bertz CT molecular complexity index is 773. The summed E-state index contributed by atoms with van der Waals surface area (Å²) >= 11 is 0. The number of rotatable bonds is 5. The zero-order chi connectivity index (χ0) is 17.6. The Morgan fingerprint density at radius 2 is 1.92 bits per heavy atom. The molecule has 0 atom stereocenters. The largest absolute Gasteiger partial charge is 0.352 e. The Morgan fingerprint density at radius 1 is 1.16 bits per heavy atom. The second-order valence-electron chi connectivity index (χ2n) is 6.03. The molecule has 1 aromatic heterocycles. The predicted octanol–water partition coefficient (Wildman–Crippen LogP) is 2.43. The van der Waals surface area contributed by atoms with Crippen LogP contribution in [0, 0.1) is 5.82 Å². The number of pyridine rings is 1. The molecule has 0 saturated carbocycles. The van der Waals surface area contributed by atoms with E-state index in [1.165, 1.54) is 18.3 Å². The van der Waals surface area contributed by atoms with E-state index < -0.39 is 0 Å². The van der Waals surface area contributed by atoms with E-state index in [0.717, 1.165) is 25.9 Å². The van der Waals surface area contributed by atoms with Crippen LogP contribution >= 0.6 is 0 Å². The molecule has 0 radical (unpaired) electrons. The van der Waals surface area contributed by atoms with Gasteiger partial charge in [0.2, 0.25) is 0 Å². The Balaban J connectivity index is 1.59. The maximum Gasteiger partial charge on any atom is 0.272 e. The number of nitrogens with one attached hydrogen (secondary N) is 1. The molecule has 0 bridgehead atoms. The molecule has 1 fully saturated rings. The van der Waals surface area contributed by atoms with E-state index in [1.54, 1.807) is 29.2 Å². The lowest BCUT2D eigenvalue weighted by Crippen LogP contribution is -2.29. The SMILES string of the molecule is O=C(NCCc1ccccc1F)c1ccnc(C(=O)N2CCCC2)c1. The van der Waals surface area contributed by atoms with Crippen molar-refractivity contribution in [3.63, 3.8) is 0 Å². The van der Waals surface area contributed by atoms with E-state index in [1.807, 2.05) is 0 Å². The molecule has 2 aromatic rings. The number of carbonyl (C=O) groups is 2. The third kappa shape index (κ3) is 4.21. The van der Waals surface area contributed by atoms with Gasteiger partial charge < -0.3 is 10.2 Å². The summed E-state index contributed by atoms with van der Waals surface area (Å²) in [5.41, 5.74) is 1.22. The van der Waals surface area contributed by atoms with Crippen molar-refractivity contribution in [3.8, 4) is 0 Å². The highest BCUT2D eigenvalue weighted by Crippen LogP contribution is 2.12. The van der Waals surface area contributed by atoms with E-state index in [4.69, 9.17) is 0 Å². The minimum atomic E-state index is -0.297. The number of carbonyl (C=O) groups excluding carboxylic acids is 2. The summed E-state index contributed by atoms with van der Waals surface area (Å²) < 4.78 is 13.6. The molecule has 130 valence electrons. The molecule has 1 aromatic carbocycles. The number of nitrogens with zero attached hydrogens (tertiary/aromatic N) is 2. The average molecular weight is 341 g/mol. The summed E-state index contributed by atoms with van der Waals surface area (Å²) in [6, 6.07) is 9.57. The Kier molecular flexibility index (Phi) is 5.38. The standard InChI is InChI=1S/C19H20FN3O2/c20-16-6-2-1-5-14(16)7-10-22-18(24)15-8-9-21-17(13-15)19(25)23-11-3-4-12-23/h1-2,5-6,8-9,13H,3-4,7,10-12H2,(H,22,24). The van der Waals surface area contributed by atoms with Gasteiger partial charge in [0.1, 0.15) is 11.5 Å². The quantitative estimate of drug-likeness (QED) is 0.908. The molecule has 5 nitrogen and oxygen atoms in total. The van der Waals surface area contributed by atoms with Gasteiger partial charge in [-0.15, -0.1) is 0 Å². The van der Waals surface area contributed by atoms with Crippen molar-refractivity contribution in [1.82, 2.24) is 15.2 Å². The van der Waals surface area contributed by atoms with E-state index >= 15 is 0 Å². The first-order valence-electron chi connectivity index (χ1n) is 8.42. The van der Waals surface area contributed by atoms with Crippen molar-refractivity contribution in [2.75, 3.05) is 19.6 Å². The summed E-state index contributed by atoms with van der Waals surface area (Å²) in [6.07, 6.45) is 3.88. The van der Waals surface area contributed by atoms with Crippen LogP contribution < -0.4 is 5.32 Å². The monoisotopic (exact) mass is 341 g/mol. The van der Waals surface area contributed by atoms with Crippen LogP contribution in [0.1, 0.15) is 39.3 Å². The maximum absolute atomic E-state index is 13.6. The van der Waals surface area contributed by atoms with Crippen LogP contribution in [-0.2, 0) is 6.42 Å². The number of aromatic nitrogens is 1. The molecule has 1 aliphatic heterocycles. The van der Waals surface area contributed by atoms with Crippen LogP contribution in [-0.4, -0.2) is 41.3 Å². The molecular weight excluding hydrogens is 321 g/mol. The van der Waals surface area contributed by atoms with Gasteiger partial charge in [-0.25, -0.2) is 4.39 Å². The van der Waals surface area contributed by atoms with Crippen LogP contribution in [0.5, 0.6) is 0 Å². The first kappa shape index (κ1) is 17.1. The van der Waals surface area contributed by atoms with Crippen LogP contribution in [0.4, 0.5) is 4.39 Å². The van der Waals surface area contributed by atoms with E-state index in [0.29, 0.717) is 24.1 Å². The van der Waals surface area contributed by atoms with Crippen LogP contribution in [0.2, 0.25) is 0 Å². The number of benzene rings is 1. The molecule has 0 unspecified atom stereocenters. The molecule has 0 aliphatic carbocycles. The van der Waals surface area contributed by atoms with Gasteiger partial charge in [0.05, 0.1) is 0 Å². The summed E-state index contributed by atoms with van der Waals surface area (Å²) in [4.78, 5) is 30.4. The fourth-order valence-electron chi connectivity index (χ4n) is 2.88. The van der Waals surface area contributed by atoms with Gasteiger partial charge in [-0.3, -0.25) is 14.6 Å². The Hall–Kier alpha value is -2.76. The molecule has 0 spiro atoms. The Morgan fingerprint density at radius 3 is 2.68 bits per heavy atom. The van der Waals surface area contributed by atoms with Gasteiger partial charge >= 0.3 is 0 Å². The molecule has 25 heavy (non-hydrogen) atoms. The summed E-state index contributed by atoms with van der Waals surface area (Å²) in [6.45, 7) is 1.79. The fourth-order valence-corrected chi connectivity index (χ4v) is 2.88. The summed E-state index contributed by atoms with van der Waals surface area (Å²) in [5.74, 6) is -0.716. The first-order chi connectivity index (χ1) is 12.1. The topological polar surface area (TPSA) is 62.3 Å². The molecule has 3 rings (SSSR count). The first-order valence-corrected chi connectivity index (χ1v) is 8.42. The highest BCUT2D eigenvalue weighted by molar-refractivity contribution is 5.98. The highest BCUT2D eigenvalue weighted by atomic mass is 19.1. The normalized spacial score (nSPS) is 13.7. The van der Waals surface area contributed by atoms with Gasteiger partial charge in [-0.05, 0) is 43.0 Å². The molecule has 6 heteroatoms. The number of hydrogen-bond donors (Lipinski definition) is 1. The van der Waals surface area contributed by atoms with Crippen molar-refractivity contribution in [2.45, 2.75) is 19.3 Å². The molecule has 1 N–H and O–H groups in total. The van der Waals surface area contributed by atoms with Gasteiger partial charge in [-0.1, -0.05) is 18.2 Å². The van der Waals surface area contributed by atoms with Crippen molar-refractivity contribution >= 4 is 11.8 Å². The van der Waals surface area contributed by atoms with E-state index in [-0.39, 0.29) is 23.3 Å². The van der Waals surface area contributed by atoms with Crippen LogP contribution in [0.15, 0.2) is 42.6 Å². The van der Waals surface area contributed by atoms with E-state index in [2.05, 4.69) is 10.3 Å². The minimum Gasteiger partial charge on any atom is -0.352 e. The van der Waals surface area contributed by atoms with Gasteiger partial charge in [0, 0.05) is 31.4 Å². The molecular formula is C19H20FN3O2. The lowest BCUT2D eigenvalue weighted by atomic mass is 10.1. The van der Waals surface area contributed by atoms with Crippen LogP contribution in [0.25, 0.3) is 0 Å².